The highest BCUT2D eigenvalue weighted by atomic mass is 79.9. The Morgan fingerprint density at radius 1 is 1.26 bits per heavy atom. The van der Waals surface area contributed by atoms with E-state index in [4.69, 9.17) is 11.6 Å². The molecule has 3 nitrogen and oxygen atoms in total. The SMILES string of the molecule is CN(C)c1ccc(Cl)cc1NCc1ccc(Br)cn1. The topological polar surface area (TPSA) is 28.2 Å². The zero-order valence-electron chi connectivity index (χ0n) is 10.8. The summed E-state index contributed by atoms with van der Waals surface area (Å²) in [5, 5.41) is 4.09. The summed E-state index contributed by atoms with van der Waals surface area (Å²) in [5.41, 5.74) is 3.08. The van der Waals surface area contributed by atoms with Gasteiger partial charge in [-0.2, -0.15) is 0 Å². The molecule has 0 fully saturated rings. The fourth-order valence-electron chi connectivity index (χ4n) is 1.74. The maximum Gasteiger partial charge on any atom is 0.0597 e. The first kappa shape index (κ1) is 14.2. The van der Waals surface area contributed by atoms with Crippen molar-refractivity contribution >= 4 is 38.9 Å². The van der Waals surface area contributed by atoms with Crippen LogP contribution in [-0.2, 0) is 6.54 Å². The second-order valence-electron chi connectivity index (χ2n) is 4.38. The Hall–Kier alpha value is -1.26. The van der Waals surface area contributed by atoms with Crippen molar-refractivity contribution < 1.29 is 0 Å². The number of anilines is 2. The van der Waals surface area contributed by atoms with Gasteiger partial charge in [-0.05, 0) is 46.3 Å². The largest absolute Gasteiger partial charge is 0.378 e. The smallest absolute Gasteiger partial charge is 0.0597 e. The summed E-state index contributed by atoms with van der Waals surface area (Å²) in [6.07, 6.45) is 1.79. The van der Waals surface area contributed by atoms with E-state index < -0.39 is 0 Å². The number of rotatable bonds is 4. The number of hydrogen-bond donors (Lipinski definition) is 1. The van der Waals surface area contributed by atoms with Crippen LogP contribution in [0.4, 0.5) is 11.4 Å². The molecule has 1 aromatic carbocycles. The molecular formula is C14H15BrClN3. The molecule has 0 aliphatic rings. The Morgan fingerprint density at radius 3 is 2.68 bits per heavy atom. The second-order valence-corrected chi connectivity index (χ2v) is 5.73. The third-order valence-corrected chi connectivity index (χ3v) is 3.39. The van der Waals surface area contributed by atoms with Crippen LogP contribution < -0.4 is 10.2 Å². The number of nitrogens with one attached hydrogen (secondary N) is 1. The van der Waals surface area contributed by atoms with E-state index in [0.29, 0.717) is 6.54 Å². The van der Waals surface area contributed by atoms with Crippen molar-refractivity contribution in [3.8, 4) is 0 Å². The lowest BCUT2D eigenvalue weighted by Gasteiger charge is -2.18. The monoisotopic (exact) mass is 339 g/mol. The van der Waals surface area contributed by atoms with Crippen LogP contribution in [0, 0.1) is 0 Å². The molecule has 0 radical (unpaired) electrons. The number of pyridine rings is 1. The second kappa shape index (κ2) is 6.26. The Labute approximate surface area is 126 Å². The molecule has 0 unspecified atom stereocenters. The molecule has 1 N–H and O–H groups in total. The molecule has 0 bridgehead atoms. The van der Waals surface area contributed by atoms with Gasteiger partial charge < -0.3 is 10.2 Å². The number of aromatic nitrogens is 1. The fourth-order valence-corrected chi connectivity index (χ4v) is 2.14. The maximum atomic E-state index is 6.04. The van der Waals surface area contributed by atoms with Gasteiger partial charge in [0.2, 0.25) is 0 Å². The molecule has 0 aliphatic carbocycles. The maximum absolute atomic E-state index is 6.04. The molecule has 19 heavy (non-hydrogen) atoms. The minimum absolute atomic E-state index is 0.661. The molecule has 0 saturated heterocycles. The molecule has 0 atom stereocenters. The van der Waals surface area contributed by atoms with Gasteiger partial charge in [-0.15, -0.1) is 0 Å². The third kappa shape index (κ3) is 3.85. The zero-order chi connectivity index (χ0) is 13.8. The summed E-state index contributed by atoms with van der Waals surface area (Å²) in [5.74, 6) is 0. The first-order valence-electron chi connectivity index (χ1n) is 5.87. The summed E-state index contributed by atoms with van der Waals surface area (Å²) < 4.78 is 0.980. The summed E-state index contributed by atoms with van der Waals surface area (Å²) in [4.78, 5) is 6.38. The van der Waals surface area contributed by atoms with Crippen LogP contribution in [0.2, 0.25) is 5.02 Å². The first-order valence-corrected chi connectivity index (χ1v) is 7.04. The van der Waals surface area contributed by atoms with Crippen LogP contribution in [0.5, 0.6) is 0 Å². The van der Waals surface area contributed by atoms with Gasteiger partial charge in [0.1, 0.15) is 0 Å². The summed E-state index contributed by atoms with van der Waals surface area (Å²) >= 11 is 9.42. The van der Waals surface area contributed by atoms with Crippen molar-refractivity contribution in [1.29, 1.82) is 0 Å². The fraction of sp³-hybridized carbons (Fsp3) is 0.214. The lowest BCUT2D eigenvalue weighted by Crippen LogP contribution is -2.12. The van der Waals surface area contributed by atoms with Crippen molar-refractivity contribution in [2.75, 3.05) is 24.3 Å². The van der Waals surface area contributed by atoms with Crippen LogP contribution in [0.3, 0.4) is 0 Å². The van der Waals surface area contributed by atoms with E-state index in [1.54, 1.807) is 6.20 Å². The van der Waals surface area contributed by atoms with Crippen LogP contribution in [0.1, 0.15) is 5.69 Å². The lowest BCUT2D eigenvalue weighted by molar-refractivity contribution is 1.03. The van der Waals surface area contributed by atoms with Gasteiger partial charge in [0.25, 0.3) is 0 Å². The molecule has 0 spiro atoms. The summed E-state index contributed by atoms with van der Waals surface area (Å²) in [7, 11) is 4.01. The van der Waals surface area contributed by atoms with Gasteiger partial charge in [-0.3, -0.25) is 4.98 Å². The van der Waals surface area contributed by atoms with Gasteiger partial charge in [0, 0.05) is 29.8 Å². The van der Waals surface area contributed by atoms with E-state index in [-0.39, 0.29) is 0 Å². The Morgan fingerprint density at radius 2 is 2.05 bits per heavy atom. The quantitative estimate of drug-likeness (QED) is 0.905. The summed E-state index contributed by atoms with van der Waals surface area (Å²) in [6, 6.07) is 9.78. The van der Waals surface area contributed by atoms with Crippen molar-refractivity contribution in [3.05, 3.63) is 51.7 Å². The molecule has 100 valence electrons. The minimum Gasteiger partial charge on any atom is -0.378 e. The van der Waals surface area contributed by atoms with E-state index in [1.165, 1.54) is 0 Å². The molecule has 2 aromatic rings. The highest BCUT2D eigenvalue weighted by Gasteiger charge is 2.05. The number of benzene rings is 1. The minimum atomic E-state index is 0.661. The molecule has 0 amide bonds. The Kier molecular flexibility index (Phi) is 4.66. The van der Waals surface area contributed by atoms with E-state index in [2.05, 4.69) is 26.2 Å². The Bertz CT molecular complexity index is 555. The standard InChI is InChI=1S/C14H15BrClN3/c1-19(2)14-6-4-11(16)7-13(14)18-9-12-5-3-10(15)8-17-12/h3-8,18H,9H2,1-2H3. The van der Waals surface area contributed by atoms with E-state index >= 15 is 0 Å². The predicted octanol–water partition coefficient (Wildman–Crippen LogP) is 4.18. The molecule has 0 saturated carbocycles. The van der Waals surface area contributed by atoms with E-state index in [1.807, 2.05) is 49.3 Å². The first-order chi connectivity index (χ1) is 9.06. The number of hydrogen-bond acceptors (Lipinski definition) is 3. The molecule has 0 aliphatic heterocycles. The van der Waals surface area contributed by atoms with Crippen molar-refractivity contribution in [2.24, 2.45) is 0 Å². The highest BCUT2D eigenvalue weighted by molar-refractivity contribution is 9.10. The molecule has 5 heteroatoms. The number of halogens is 2. The van der Waals surface area contributed by atoms with Crippen molar-refractivity contribution in [1.82, 2.24) is 4.98 Å². The van der Waals surface area contributed by atoms with Crippen LogP contribution in [-0.4, -0.2) is 19.1 Å². The third-order valence-electron chi connectivity index (χ3n) is 2.69. The zero-order valence-corrected chi connectivity index (χ0v) is 13.2. The molecule has 1 aromatic heterocycles. The Balaban J connectivity index is 2.14. The van der Waals surface area contributed by atoms with E-state index in [9.17, 15) is 0 Å². The van der Waals surface area contributed by atoms with Crippen molar-refractivity contribution in [2.45, 2.75) is 6.54 Å². The molecule has 1 heterocycles. The molecular weight excluding hydrogens is 326 g/mol. The van der Waals surface area contributed by atoms with E-state index in [0.717, 1.165) is 26.6 Å². The average molecular weight is 341 g/mol. The van der Waals surface area contributed by atoms with Gasteiger partial charge in [-0.1, -0.05) is 11.6 Å². The molecule has 2 rings (SSSR count). The van der Waals surface area contributed by atoms with Gasteiger partial charge in [0.15, 0.2) is 0 Å². The lowest BCUT2D eigenvalue weighted by atomic mass is 10.2. The number of nitrogens with zero attached hydrogens (tertiary/aromatic N) is 2. The van der Waals surface area contributed by atoms with Crippen molar-refractivity contribution in [3.63, 3.8) is 0 Å². The normalized spacial score (nSPS) is 10.3. The van der Waals surface area contributed by atoms with Crippen LogP contribution in [0.25, 0.3) is 0 Å². The van der Waals surface area contributed by atoms with Crippen LogP contribution in [0.15, 0.2) is 41.0 Å². The predicted molar refractivity (Wildman–Crippen MR) is 85.0 cm³/mol. The van der Waals surface area contributed by atoms with Gasteiger partial charge in [-0.25, -0.2) is 0 Å². The highest BCUT2D eigenvalue weighted by Crippen LogP contribution is 2.28. The van der Waals surface area contributed by atoms with Gasteiger partial charge >= 0.3 is 0 Å². The van der Waals surface area contributed by atoms with Crippen LogP contribution >= 0.6 is 27.5 Å². The summed E-state index contributed by atoms with van der Waals surface area (Å²) in [6.45, 7) is 0.661. The average Bonchev–Trinajstić information content (AvgIpc) is 2.38. The van der Waals surface area contributed by atoms with Gasteiger partial charge in [0.05, 0.1) is 23.6 Å².